The number of fused-ring (bicyclic) bond motifs is 5. The summed E-state index contributed by atoms with van der Waals surface area (Å²) in [6, 6.07) is 12.3. The van der Waals surface area contributed by atoms with Gasteiger partial charge in [0, 0.05) is 0 Å². The van der Waals surface area contributed by atoms with Gasteiger partial charge in [0.1, 0.15) is 0 Å². The quantitative estimate of drug-likeness (QED) is 0.238. The van der Waals surface area contributed by atoms with Crippen LogP contribution >= 0.6 is 0 Å². The van der Waals surface area contributed by atoms with Crippen LogP contribution in [0.25, 0.3) is 32.7 Å². The summed E-state index contributed by atoms with van der Waals surface area (Å²) in [6.07, 6.45) is 23.4. The van der Waals surface area contributed by atoms with Crippen LogP contribution in [0.3, 0.4) is 0 Å². The molecular weight excluding hydrogens is 691 g/mol. The van der Waals surface area contributed by atoms with Crippen molar-refractivity contribution in [3.05, 3.63) is 88.5 Å². The van der Waals surface area contributed by atoms with Gasteiger partial charge in [0.2, 0.25) is 0 Å². The van der Waals surface area contributed by atoms with Crippen molar-refractivity contribution in [2.75, 3.05) is 0 Å². The van der Waals surface area contributed by atoms with Gasteiger partial charge in [0.15, 0.2) is 0 Å². The van der Waals surface area contributed by atoms with E-state index in [4.69, 9.17) is 0 Å². The maximum atomic E-state index is 3.35. The molecule has 0 aromatic heterocycles. The molecule has 0 aliphatic heterocycles. The summed E-state index contributed by atoms with van der Waals surface area (Å²) in [6.45, 7) is 23.0. The molecule has 1 fully saturated rings. The summed E-state index contributed by atoms with van der Waals surface area (Å²) in [5.74, 6) is 0.573. The van der Waals surface area contributed by atoms with Crippen molar-refractivity contribution < 1.29 is 49.0 Å². The van der Waals surface area contributed by atoms with Crippen LogP contribution in [0, 0.1) is 17.4 Å². The van der Waals surface area contributed by atoms with Gasteiger partial charge in [0.05, 0.1) is 0 Å². The van der Waals surface area contributed by atoms with Crippen LogP contribution in [0.2, 0.25) is 0 Å². The zero-order valence-corrected chi connectivity index (χ0v) is 34.7. The average Bonchev–Trinajstić information content (AvgIpc) is 3.62. The molecule has 1 unspecified atom stereocenters. The molecule has 1 saturated carbocycles. The van der Waals surface area contributed by atoms with Gasteiger partial charge in [-0.3, -0.25) is 6.08 Å². The first-order chi connectivity index (χ1) is 21.1. The monoisotopic (exact) mass is 744 g/mol. The zero-order valence-electron chi connectivity index (χ0n) is 30.7. The minimum absolute atomic E-state index is 0. The normalized spacial score (nSPS) is 20.6. The second-order valence-corrected chi connectivity index (χ2v) is 18.2. The van der Waals surface area contributed by atoms with Crippen LogP contribution in [-0.4, -0.2) is 3.21 Å². The summed E-state index contributed by atoms with van der Waals surface area (Å²) < 4.78 is 1.80. The van der Waals surface area contributed by atoms with E-state index in [9.17, 15) is 0 Å². The number of halogens is 2. The fourth-order valence-electron chi connectivity index (χ4n) is 7.32. The van der Waals surface area contributed by atoms with Crippen LogP contribution in [0.5, 0.6) is 0 Å². The summed E-state index contributed by atoms with van der Waals surface area (Å²) in [5, 5.41) is 5.61. The Kier molecular flexibility index (Phi) is 13.3. The molecule has 0 nitrogen and oxygen atoms in total. The van der Waals surface area contributed by atoms with Crippen LogP contribution in [0.15, 0.2) is 60.2 Å². The molecule has 0 spiro atoms. The van der Waals surface area contributed by atoms with Gasteiger partial charge in [-0.1, -0.05) is 109 Å². The van der Waals surface area contributed by atoms with Crippen molar-refractivity contribution >= 4 is 35.9 Å². The number of hydrogen-bond acceptors (Lipinski definition) is 0. The van der Waals surface area contributed by atoms with E-state index >= 15 is 0 Å². The third kappa shape index (κ3) is 8.86. The van der Waals surface area contributed by atoms with Crippen molar-refractivity contribution in [3.63, 3.8) is 0 Å². The second kappa shape index (κ2) is 15.7. The maximum absolute atomic E-state index is 3.35. The van der Waals surface area contributed by atoms with Crippen LogP contribution in [0.1, 0.15) is 143 Å². The van der Waals surface area contributed by atoms with Gasteiger partial charge in [-0.25, -0.2) is 6.08 Å². The van der Waals surface area contributed by atoms with Gasteiger partial charge in [0.25, 0.3) is 0 Å². The van der Waals surface area contributed by atoms with Gasteiger partial charge in [-0.05, 0) is 59.8 Å². The summed E-state index contributed by atoms with van der Waals surface area (Å²) in [4.78, 5) is 0. The van der Waals surface area contributed by atoms with Crippen molar-refractivity contribution in [2.45, 2.75) is 131 Å². The molecule has 0 heterocycles. The predicted molar refractivity (Wildman–Crippen MR) is 197 cm³/mol. The van der Waals surface area contributed by atoms with Crippen molar-refractivity contribution in [2.24, 2.45) is 11.3 Å². The van der Waals surface area contributed by atoms with Gasteiger partial charge < -0.3 is 24.8 Å². The fourth-order valence-corrected chi connectivity index (χ4v) is 8.19. The zero-order chi connectivity index (χ0) is 32.7. The van der Waals surface area contributed by atoms with E-state index in [-0.39, 0.29) is 35.6 Å². The molecule has 0 amide bonds. The van der Waals surface area contributed by atoms with Gasteiger partial charge in [-0.2, -0.15) is 11.6 Å². The molecule has 3 aromatic rings. The Morgan fingerprint density at radius 3 is 1.60 bits per heavy atom. The van der Waals surface area contributed by atoms with Crippen molar-refractivity contribution in [1.29, 1.82) is 0 Å². The first-order valence-corrected chi connectivity index (χ1v) is 18.8. The Morgan fingerprint density at radius 1 is 0.787 bits per heavy atom. The van der Waals surface area contributed by atoms with E-state index in [2.05, 4.69) is 130 Å². The van der Waals surface area contributed by atoms with E-state index in [0.29, 0.717) is 11.3 Å². The van der Waals surface area contributed by atoms with Crippen LogP contribution < -0.4 is 24.8 Å². The molecule has 0 N–H and O–H groups in total. The Morgan fingerprint density at radius 2 is 1.26 bits per heavy atom. The number of allylic oxidation sites excluding steroid dienone is 8. The van der Waals surface area contributed by atoms with E-state index in [1.807, 2.05) is 0 Å². The first kappa shape index (κ1) is 40.0. The summed E-state index contributed by atoms with van der Waals surface area (Å²) >= 11 is 1.69. The van der Waals surface area contributed by atoms with E-state index in [1.54, 1.807) is 27.4 Å². The summed E-state index contributed by atoms with van der Waals surface area (Å²) in [7, 11) is 0. The number of rotatable bonds is 1. The first-order valence-electron chi connectivity index (χ1n) is 17.5. The molecule has 7 rings (SSSR count). The Labute approximate surface area is 314 Å². The molecule has 4 aliphatic carbocycles. The Balaban J connectivity index is 0.000000249. The van der Waals surface area contributed by atoms with Gasteiger partial charge in [-0.15, -0.1) is 39.7 Å². The van der Waals surface area contributed by atoms with Gasteiger partial charge >= 0.3 is 59.5 Å². The van der Waals surface area contributed by atoms with Crippen LogP contribution in [0.4, 0.5) is 0 Å². The minimum atomic E-state index is 0. The molecule has 3 heteroatoms. The van der Waals surface area contributed by atoms with Crippen LogP contribution in [-0.2, 0) is 35.1 Å². The molecule has 3 aromatic carbocycles. The van der Waals surface area contributed by atoms with E-state index in [0.717, 1.165) is 12.8 Å². The molecule has 1 atom stereocenters. The fraction of sp³-hybridized carbons (Fsp3) is 0.500. The number of hydrogen-bond donors (Lipinski definition) is 0. The number of benzene rings is 2. The van der Waals surface area contributed by atoms with E-state index in [1.165, 1.54) is 99.0 Å². The third-order valence-corrected chi connectivity index (χ3v) is 12.0. The van der Waals surface area contributed by atoms with Crippen molar-refractivity contribution in [1.82, 2.24) is 0 Å². The second-order valence-electron chi connectivity index (χ2n) is 16.4. The van der Waals surface area contributed by atoms with Crippen molar-refractivity contribution in [3.8, 4) is 0 Å². The third-order valence-electron chi connectivity index (χ3n) is 10.7. The average molecular weight is 747 g/mol. The standard InChI is InChI=1S/C27H29.C11H17.C6H10.2ClH.Zr/c1-16-7-9-26(3,4)24-12-18-11-19-13-25-21(17(2)8-10-27(25,5)6)15-23(19)22(18)14-20(16)24;1-5-9-6-7-10(8-9)11(2,3)4;1-2-4-6-5-3-1;;;/h7-8,11-15H,9-10H2,1-6H3;7-9H,5H2,1-4H3;1-5H2;2*1H;/q2*-1;;;;+2/p-2. The molecule has 0 saturated heterocycles. The molecule has 252 valence electrons. The molecular formula is C44H56Cl2Zr-2. The predicted octanol–water partition coefficient (Wildman–Crippen LogP) is 6.92. The van der Waals surface area contributed by atoms with E-state index < -0.39 is 0 Å². The topological polar surface area (TPSA) is 0 Å². The molecule has 0 bridgehead atoms. The SMILES string of the molecule is CC1=CCC(C)(C)c2cc3[cH-]c4cc5c(cc4c3cc21)C(C)=CCC5(C)C.CCC1[C-]=CC(C(C)(C)C)=C1.[Cl-].[Cl-].[Zr+2]=[C]1CCCCC1. The molecule has 47 heavy (non-hydrogen) atoms. The summed E-state index contributed by atoms with van der Waals surface area (Å²) in [5.41, 5.74) is 10.9. The Hall–Kier alpha value is -1.40. The Bertz CT molecular complexity index is 1630. The molecule has 0 radical (unpaired) electrons. The molecule has 4 aliphatic rings.